The van der Waals surface area contributed by atoms with Gasteiger partial charge in [0.2, 0.25) is 0 Å². The number of methoxy groups -OCH3 is 1. The second-order valence-electron chi connectivity index (χ2n) is 4.62. The summed E-state index contributed by atoms with van der Waals surface area (Å²) in [6.07, 6.45) is 2.06. The highest BCUT2D eigenvalue weighted by atomic mass is 16.5. The van der Waals surface area contributed by atoms with Crippen LogP contribution in [0.4, 0.5) is 0 Å². The molecule has 0 aromatic heterocycles. The van der Waals surface area contributed by atoms with Gasteiger partial charge in [0.1, 0.15) is 17.6 Å². The minimum atomic E-state index is -0.0502. The maximum absolute atomic E-state index is 6.05. The van der Waals surface area contributed by atoms with Gasteiger partial charge in [-0.3, -0.25) is 0 Å². The fourth-order valence-electron chi connectivity index (χ4n) is 2.09. The second kappa shape index (κ2) is 6.07. The molecule has 1 atom stereocenters. The van der Waals surface area contributed by atoms with Crippen molar-refractivity contribution in [1.82, 2.24) is 0 Å². The van der Waals surface area contributed by atoms with Gasteiger partial charge in [0.25, 0.3) is 0 Å². The van der Waals surface area contributed by atoms with Gasteiger partial charge in [0.05, 0.1) is 20.3 Å². The number of nitrogens with two attached hydrogens (primary N) is 1. The van der Waals surface area contributed by atoms with E-state index in [1.165, 1.54) is 0 Å². The van der Waals surface area contributed by atoms with E-state index in [0.717, 1.165) is 43.1 Å². The smallest absolute Gasteiger partial charge is 0.128 e. The summed E-state index contributed by atoms with van der Waals surface area (Å²) in [4.78, 5) is 0. The van der Waals surface area contributed by atoms with Crippen LogP contribution in [0.1, 0.15) is 31.4 Å². The predicted octanol–water partition coefficient (Wildman–Crippen LogP) is 2.27. The molecule has 1 aliphatic rings. The summed E-state index contributed by atoms with van der Waals surface area (Å²) in [6, 6.07) is 5.74. The standard InChI is InChI=1S/C14H21NO3/c1-10(15)13-4-3-12(16-2)9-14(13)18-11-5-7-17-8-6-11/h3-4,9-11H,5-8,15H2,1-2H3/t10-/m1/s1. The van der Waals surface area contributed by atoms with Crippen molar-refractivity contribution in [3.05, 3.63) is 23.8 Å². The average Bonchev–Trinajstić information content (AvgIpc) is 2.39. The van der Waals surface area contributed by atoms with Gasteiger partial charge >= 0.3 is 0 Å². The van der Waals surface area contributed by atoms with Crippen molar-refractivity contribution in [2.45, 2.75) is 31.9 Å². The summed E-state index contributed by atoms with van der Waals surface area (Å²) in [5.74, 6) is 1.62. The lowest BCUT2D eigenvalue weighted by Gasteiger charge is -2.25. The lowest BCUT2D eigenvalue weighted by atomic mass is 10.1. The predicted molar refractivity (Wildman–Crippen MR) is 70.1 cm³/mol. The summed E-state index contributed by atoms with van der Waals surface area (Å²) in [6.45, 7) is 3.49. The Morgan fingerprint density at radius 1 is 1.33 bits per heavy atom. The van der Waals surface area contributed by atoms with Crippen LogP contribution in [-0.4, -0.2) is 26.4 Å². The molecule has 2 rings (SSSR count). The summed E-state index contributed by atoms with van der Waals surface area (Å²) < 4.78 is 16.6. The zero-order valence-electron chi connectivity index (χ0n) is 11.0. The Morgan fingerprint density at radius 3 is 2.67 bits per heavy atom. The van der Waals surface area contributed by atoms with Crippen molar-refractivity contribution in [2.24, 2.45) is 5.73 Å². The van der Waals surface area contributed by atoms with Crippen molar-refractivity contribution in [1.29, 1.82) is 0 Å². The monoisotopic (exact) mass is 251 g/mol. The molecule has 0 aliphatic carbocycles. The normalized spacial score (nSPS) is 18.4. The van der Waals surface area contributed by atoms with Crippen LogP contribution >= 0.6 is 0 Å². The third-order valence-electron chi connectivity index (χ3n) is 3.17. The molecule has 2 N–H and O–H groups in total. The van der Waals surface area contributed by atoms with Gasteiger partial charge in [0, 0.05) is 30.5 Å². The fraction of sp³-hybridized carbons (Fsp3) is 0.571. The van der Waals surface area contributed by atoms with Gasteiger partial charge in [-0.05, 0) is 13.0 Å². The molecule has 1 saturated heterocycles. The minimum Gasteiger partial charge on any atom is -0.497 e. The molecular weight excluding hydrogens is 230 g/mol. The van der Waals surface area contributed by atoms with Gasteiger partial charge < -0.3 is 19.9 Å². The first-order valence-corrected chi connectivity index (χ1v) is 6.38. The highest BCUT2D eigenvalue weighted by Gasteiger charge is 2.18. The van der Waals surface area contributed by atoms with E-state index in [1.54, 1.807) is 7.11 Å². The van der Waals surface area contributed by atoms with Crippen LogP contribution < -0.4 is 15.2 Å². The highest BCUT2D eigenvalue weighted by molar-refractivity contribution is 5.42. The first-order chi connectivity index (χ1) is 8.70. The van der Waals surface area contributed by atoms with Crippen LogP contribution in [0, 0.1) is 0 Å². The molecule has 4 heteroatoms. The maximum Gasteiger partial charge on any atom is 0.128 e. The summed E-state index contributed by atoms with van der Waals surface area (Å²) in [5.41, 5.74) is 6.98. The molecule has 1 aromatic carbocycles. The Morgan fingerprint density at radius 2 is 2.06 bits per heavy atom. The molecule has 0 spiro atoms. The Kier molecular flexibility index (Phi) is 4.44. The molecule has 18 heavy (non-hydrogen) atoms. The van der Waals surface area contributed by atoms with Gasteiger partial charge in [-0.1, -0.05) is 6.07 Å². The van der Waals surface area contributed by atoms with Crippen molar-refractivity contribution in [3.8, 4) is 11.5 Å². The van der Waals surface area contributed by atoms with E-state index in [0.29, 0.717) is 0 Å². The zero-order chi connectivity index (χ0) is 13.0. The van der Waals surface area contributed by atoms with Gasteiger partial charge in [-0.15, -0.1) is 0 Å². The summed E-state index contributed by atoms with van der Waals surface area (Å²) in [7, 11) is 1.65. The molecule has 100 valence electrons. The lowest BCUT2D eigenvalue weighted by molar-refractivity contribution is 0.0250. The molecule has 1 heterocycles. The second-order valence-corrected chi connectivity index (χ2v) is 4.62. The lowest BCUT2D eigenvalue weighted by Crippen LogP contribution is -2.26. The molecular formula is C14H21NO3. The number of hydrogen-bond donors (Lipinski definition) is 1. The van der Waals surface area contributed by atoms with E-state index in [4.69, 9.17) is 19.9 Å². The fourth-order valence-corrected chi connectivity index (χ4v) is 2.09. The largest absolute Gasteiger partial charge is 0.497 e. The van der Waals surface area contributed by atoms with Crippen LogP contribution in [-0.2, 0) is 4.74 Å². The van der Waals surface area contributed by atoms with E-state index in [2.05, 4.69) is 0 Å². The minimum absolute atomic E-state index is 0.0502. The molecule has 0 amide bonds. The van der Waals surface area contributed by atoms with Crippen LogP contribution in [0.25, 0.3) is 0 Å². The van der Waals surface area contributed by atoms with Gasteiger partial charge in [0.15, 0.2) is 0 Å². The third-order valence-corrected chi connectivity index (χ3v) is 3.17. The van der Waals surface area contributed by atoms with E-state index in [-0.39, 0.29) is 12.1 Å². The van der Waals surface area contributed by atoms with E-state index < -0.39 is 0 Å². The first kappa shape index (κ1) is 13.2. The molecule has 1 fully saturated rings. The molecule has 0 bridgehead atoms. The van der Waals surface area contributed by atoms with Gasteiger partial charge in [-0.2, -0.15) is 0 Å². The van der Waals surface area contributed by atoms with Crippen molar-refractivity contribution in [2.75, 3.05) is 20.3 Å². The molecule has 0 saturated carbocycles. The Bertz CT molecular complexity index is 387. The average molecular weight is 251 g/mol. The number of ether oxygens (including phenoxy) is 3. The Hall–Kier alpha value is -1.26. The zero-order valence-corrected chi connectivity index (χ0v) is 11.0. The third kappa shape index (κ3) is 3.15. The van der Waals surface area contributed by atoms with E-state index >= 15 is 0 Å². The number of benzene rings is 1. The van der Waals surface area contributed by atoms with Crippen molar-refractivity contribution >= 4 is 0 Å². The Labute approximate surface area is 108 Å². The summed E-state index contributed by atoms with van der Waals surface area (Å²) >= 11 is 0. The topological polar surface area (TPSA) is 53.7 Å². The number of rotatable bonds is 4. The van der Waals surface area contributed by atoms with E-state index in [9.17, 15) is 0 Å². The highest BCUT2D eigenvalue weighted by Crippen LogP contribution is 2.30. The quantitative estimate of drug-likeness (QED) is 0.892. The van der Waals surface area contributed by atoms with Crippen LogP contribution in [0.3, 0.4) is 0 Å². The Balaban J connectivity index is 2.17. The first-order valence-electron chi connectivity index (χ1n) is 6.38. The molecule has 1 aliphatic heterocycles. The van der Waals surface area contributed by atoms with Gasteiger partial charge in [-0.25, -0.2) is 0 Å². The summed E-state index contributed by atoms with van der Waals surface area (Å²) in [5, 5.41) is 0. The van der Waals surface area contributed by atoms with Crippen molar-refractivity contribution < 1.29 is 14.2 Å². The van der Waals surface area contributed by atoms with Crippen LogP contribution in [0.5, 0.6) is 11.5 Å². The van der Waals surface area contributed by atoms with Crippen molar-refractivity contribution in [3.63, 3.8) is 0 Å². The van der Waals surface area contributed by atoms with Crippen LogP contribution in [0.2, 0.25) is 0 Å². The van der Waals surface area contributed by atoms with E-state index in [1.807, 2.05) is 25.1 Å². The SMILES string of the molecule is COc1ccc([C@@H](C)N)c(OC2CCOCC2)c1. The molecule has 0 radical (unpaired) electrons. The maximum atomic E-state index is 6.05. The molecule has 1 aromatic rings. The molecule has 4 nitrogen and oxygen atoms in total. The molecule has 0 unspecified atom stereocenters. The van der Waals surface area contributed by atoms with Crippen LogP contribution in [0.15, 0.2) is 18.2 Å². The number of hydrogen-bond acceptors (Lipinski definition) is 4.